The molecule has 2 heterocycles. The average Bonchev–Trinajstić information content (AvgIpc) is 3.21. The molecule has 3 rings (SSSR count). The van der Waals surface area contributed by atoms with Crippen molar-refractivity contribution in [1.29, 1.82) is 0 Å². The van der Waals surface area contributed by atoms with Gasteiger partial charge >= 0.3 is 11.7 Å². The second-order valence-corrected chi connectivity index (χ2v) is 5.84. The molecule has 3 aromatic rings. The summed E-state index contributed by atoms with van der Waals surface area (Å²) < 4.78 is 1.84. The lowest BCUT2D eigenvalue weighted by Crippen LogP contribution is -2.38. The summed E-state index contributed by atoms with van der Waals surface area (Å²) in [5.74, 6) is 0. The van der Waals surface area contributed by atoms with E-state index in [1.165, 1.54) is 0 Å². The van der Waals surface area contributed by atoms with Gasteiger partial charge in [0.2, 0.25) is 0 Å². The smallest absolute Gasteiger partial charge is 0.323 e. The van der Waals surface area contributed by atoms with E-state index in [1.807, 2.05) is 42.9 Å². The number of carbonyl (C=O) groups is 1. The number of hydrogen-bond donors (Lipinski definition) is 3. The number of aryl methyl sites for hydroxylation is 1. The number of urea groups is 1. The number of H-pyrrole nitrogens is 2. The third-order valence-corrected chi connectivity index (χ3v) is 4.08. The number of carbonyl (C=O) groups excluding carboxylic acids is 1. The lowest BCUT2D eigenvalue weighted by atomic mass is 10.2. The van der Waals surface area contributed by atoms with Crippen molar-refractivity contribution in [3.05, 3.63) is 52.2 Å². The number of imidazole rings is 1. The van der Waals surface area contributed by atoms with E-state index in [1.54, 1.807) is 11.1 Å². The molecule has 0 spiro atoms. The van der Waals surface area contributed by atoms with Gasteiger partial charge < -0.3 is 20.2 Å². The van der Waals surface area contributed by atoms with E-state index >= 15 is 0 Å². The highest BCUT2D eigenvalue weighted by atomic mass is 16.2. The maximum absolute atomic E-state index is 12.4. The van der Waals surface area contributed by atoms with E-state index in [-0.39, 0.29) is 11.7 Å². The highest BCUT2D eigenvalue weighted by molar-refractivity contribution is 5.76. The van der Waals surface area contributed by atoms with Crippen LogP contribution in [0.2, 0.25) is 0 Å². The Morgan fingerprint density at radius 1 is 1.24 bits per heavy atom. The Morgan fingerprint density at radius 3 is 2.76 bits per heavy atom. The predicted octanol–water partition coefficient (Wildman–Crippen LogP) is 1.80. The molecule has 0 saturated carbocycles. The van der Waals surface area contributed by atoms with Gasteiger partial charge in [0.25, 0.3) is 0 Å². The summed E-state index contributed by atoms with van der Waals surface area (Å²) in [6.45, 7) is 6.30. The molecule has 2 amide bonds. The number of aromatic nitrogens is 4. The number of hydrogen-bond acceptors (Lipinski definition) is 3. The number of nitrogens with zero attached hydrogens (tertiary/aromatic N) is 3. The van der Waals surface area contributed by atoms with E-state index in [0.29, 0.717) is 19.6 Å². The van der Waals surface area contributed by atoms with Gasteiger partial charge in [-0.15, -0.1) is 0 Å². The number of aromatic amines is 2. The molecule has 0 aliphatic carbocycles. The molecule has 132 valence electrons. The van der Waals surface area contributed by atoms with Gasteiger partial charge in [-0.1, -0.05) is 6.07 Å². The summed E-state index contributed by atoms with van der Waals surface area (Å²) in [6.07, 6.45) is 3.74. The molecule has 0 bridgehead atoms. The minimum absolute atomic E-state index is 0.130. The number of nitrogens with one attached hydrogen (secondary N) is 3. The predicted molar refractivity (Wildman–Crippen MR) is 95.1 cm³/mol. The fraction of sp³-hybridized carbons (Fsp3) is 0.353. The zero-order valence-corrected chi connectivity index (χ0v) is 14.4. The maximum Gasteiger partial charge on any atom is 0.323 e. The second-order valence-electron chi connectivity index (χ2n) is 5.84. The maximum atomic E-state index is 12.4. The monoisotopic (exact) mass is 342 g/mol. The quantitative estimate of drug-likeness (QED) is 0.637. The molecular weight excluding hydrogens is 320 g/mol. The summed E-state index contributed by atoms with van der Waals surface area (Å²) in [5.41, 5.74) is 3.18. The molecule has 0 fully saturated rings. The lowest BCUT2D eigenvalue weighted by Gasteiger charge is -2.20. The first-order chi connectivity index (χ1) is 12.1. The Labute approximate surface area is 144 Å². The summed E-state index contributed by atoms with van der Waals surface area (Å²) in [6, 6.07) is 5.43. The van der Waals surface area contributed by atoms with E-state index < -0.39 is 0 Å². The van der Waals surface area contributed by atoms with Crippen molar-refractivity contribution in [2.45, 2.75) is 33.5 Å². The SMILES string of the molecule is CCN(Cc1cnn(CC)c1)C(=O)NCc1ccc2[nH]c(=O)[nH]c2c1. The minimum Gasteiger partial charge on any atom is -0.334 e. The summed E-state index contributed by atoms with van der Waals surface area (Å²) in [7, 11) is 0. The Kier molecular flexibility index (Phi) is 4.87. The number of rotatable bonds is 6. The molecule has 0 unspecified atom stereocenters. The van der Waals surface area contributed by atoms with Crippen molar-refractivity contribution >= 4 is 17.1 Å². The fourth-order valence-electron chi connectivity index (χ4n) is 2.69. The summed E-state index contributed by atoms with van der Waals surface area (Å²) >= 11 is 0. The van der Waals surface area contributed by atoms with Crippen LogP contribution in [0.5, 0.6) is 0 Å². The van der Waals surface area contributed by atoms with Gasteiger partial charge in [-0.25, -0.2) is 9.59 Å². The van der Waals surface area contributed by atoms with Crippen LogP contribution in [-0.4, -0.2) is 37.2 Å². The zero-order valence-electron chi connectivity index (χ0n) is 14.4. The minimum atomic E-state index is -0.235. The molecule has 8 nitrogen and oxygen atoms in total. The van der Waals surface area contributed by atoms with Crippen molar-refractivity contribution < 1.29 is 4.79 Å². The molecule has 25 heavy (non-hydrogen) atoms. The normalized spacial score (nSPS) is 11.0. The lowest BCUT2D eigenvalue weighted by molar-refractivity contribution is 0.197. The average molecular weight is 342 g/mol. The molecule has 0 atom stereocenters. The van der Waals surface area contributed by atoms with Crippen LogP contribution < -0.4 is 11.0 Å². The highest BCUT2D eigenvalue weighted by Gasteiger charge is 2.13. The van der Waals surface area contributed by atoms with Crippen molar-refractivity contribution in [2.24, 2.45) is 0 Å². The largest absolute Gasteiger partial charge is 0.334 e. The van der Waals surface area contributed by atoms with Crippen LogP contribution in [0.1, 0.15) is 25.0 Å². The van der Waals surface area contributed by atoms with Crippen LogP contribution in [-0.2, 0) is 19.6 Å². The van der Waals surface area contributed by atoms with Gasteiger partial charge in [0.15, 0.2) is 0 Å². The molecular formula is C17H22N6O2. The topological polar surface area (TPSA) is 98.8 Å². The van der Waals surface area contributed by atoms with Gasteiger partial charge in [-0.3, -0.25) is 4.68 Å². The molecule has 0 saturated heterocycles. The van der Waals surface area contributed by atoms with Gasteiger partial charge in [-0.05, 0) is 31.5 Å². The molecule has 1 aromatic carbocycles. The number of amides is 2. The van der Waals surface area contributed by atoms with E-state index in [2.05, 4.69) is 20.4 Å². The van der Waals surface area contributed by atoms with Crippen LogP contribution >= 0.6 is 0 Å². The molecule has 2 aromatic heterocycles. The van der Waals surface area contributed by atoms with E-state index in [0.717, 1.165) is 28.7 Å². The third-order valence-electron chi connectivity index (χ3n) is 4.08. The highest BCUT2D eigenvalue weighted by Crippen LogP contribution is 2.10. The van der Waals surface area contributed by atoms with Crippen LogP contribution in [0.4, 0.5) is 4.79 Å². The molecule has 0 aliphatic heterocycles. The standard InChI is InChI=1S/C17H22N6O2/c1-3-22(10-13-9-19-23(4-2)11-13)17(25)18-8-12-5-6-14-15(7-12)21-16(24)20-14/h5-7,9,11H,3-4,8,10H2,1-2H3,(H,18,25)(H2,20,21,24). The van der Waals surface area contributed by atoms with Crippen LogP contribution in [0.3, 0.4) is 0 Å². The van der Waals surface area contributed by atoms with Crippen molar-refractivity contribution in [2.75, 3.05) is 6.54 Å². The van der Waals surface area contributed by atoms with E-state index in [4.69, 9.17) is 0 Å². The second kappa shape index (κ2) is 7.25. The summed E-state index contributed by atoms with van der Waals surface area (Å²) in [5, 5.41) is 7.15. The molecule has 3 N–H and O–H groups in total. The van der Waals surface area contributed by atoms with Crippen molar-refractivity contribution in [1.82, 2.24) is 30.0 Å². The van der Waals surface area contributed by atoms with Crippen LogP contribution in [0, 0.1) is 0 Å². The third kappa shape index (κ3) is 3.90. The first-order valence-electron chi connectivity index (χ1n) is 8.34. The van der Waals surface area contributed by atoms with Gasteiger partial charge in [-0.2, -0.15) is 5.10 Å². The molecule has 8 heteroatoms. The Bertz CT molecular complexity index is 923. The Morgan fingerprint density at radius 2 is 2.04 bits per heavy atom. The van der Waals surface area contributed by atoms with Gasteiger partial charge in [0.1, 0.15) is 0 Å². The van der Waals surface area contributed by atoms with Crippen LogP contribution in [0.25, 0.3) is 11.0 Å². The number of fused-ring (bicyclic) bond motifs is 1. The first kappa shape index (κ1) is 16.8. The first-order valence-corrected chi connectivity index (χ1v) is 8.34. The van der Waals surface area contributed by atoms with E-state index in [9.17, 15) is 9.59 Å². The summed E-state index contributed by atoms with van der Waals surface area (Å²) in [4.78, 5) is 30.9. The molecule has 0 aliphatic rings. The Balaban J connectivity index is 1.61. The van der Waals surface area contributed by atoms with Gasteiger partial charge in [0, 0.05) is 31.4 Å². The Hall–Kier alpha value is -3.03. The van der Waals surface area contributed by atoms with Gasteiger partial charge in [0.05, 0.1) is 23.8 Å². The number of benzene rings is 1. The van der Waals surface area contributed by atoms with Crippen molar-refractivity contribution in [3.63, 3.8) is 0 Å². The molecule has 0 radical (unpaired) electrons. The fourth-order valence-corrected chi connectivity index (χ4v) is 2.69. The zero-order chi connectivity index (χ0) is 17.8. The van der Waals surface area contributed by atoms with Crippen molar-refractivity contribution in [3.8, 4) is 0 Å². The van der Waals surface area contributed by atoms with Crippen LogP contribution in [0.15, 0.2) is 35.4 Å².